The first kappa shape index (κ1) is 16.0. The zero-order chi connectivity index (χ0) is 16.1. The van der Waals surface area contributed by atoms with E-state index in [9.17, 15) is 4.79 Å². The Morgan fingerprint density at radius 2 is 1.61 bits per heavy atom. The Bertz CT molecular complexity index is 676. The molecule has 1 N–H and O–H groups in total. The van der Waals surface area contributed by atoms with E-state index in [0.29, 0.717) is 11.7 Å². The number of nitrogens with one attached hydrogen (secondary N) is 1. The van der Waals surface area contributed by atoms with Crippen LogP contribution in [-0.2, 0) is 17.1 Å². The van der Waals surface area contributed by atoms with Crippen LogP contribution in [0.4, 0.5) is 0 Å². The number of nitrogens with zero attached hydrogens (tertiary/aromatic N) is 1. The van der Waals surface area contributed by atoms with E-state index in [4.69, 9.17) is 12.2 Å². The molecule has 118 valence electrons. The fourth-order valence-electron chi connectivity index (χ4n) is 2.47. The molecule has 0 spiro atoms. The lowest BCUT2D eigenvalue weighted by Crippen LogP contribution is -2.32. The third kappa shape index (κ3) is 4.12. The van der Waals surface area contributed by atoms with Crippen molar-refractivity contribution in [3.8, 4) is 0 Å². The molecule has 1 heterocycles. The standard InChI is InChI=1S/C18H18N2OS2/c21-17-16(13-23-12-15-9-5-2-6-10-15)19-18(22)20(17)11-14-7-3-1-4-8-14/h1-10,16H,11-13H2,(H,19,22)/t16-/m0/s1. The van der Waals surface area contributed by atoms with Gasteiger partial charge in [0, 0.05) is 11.5 Å². The van der Waals surface area contributed by atoms with Gasteiger partial charge in [-0.25, -0.2) is 0 Å². The molecular formula is C18H18N2OS2. The fourth-order valence-corrected chi connectivity index (χ4v) is 3.78. The van der Waals surface area contributed by atoms with Crippen LogP contribution >= 0.6 is 24.0 Å². The van der Waals surface area contributed by atoms with Gasteiger partial charge in [0.1, 0.15) is 6.04 Å². The van der Waals surface area contributed by atoms with Crippen molar-refractivity contribution in [2.24, 2.45) is 0 Å². The second kappa shape index (κ2) is 7.62. The molecule has 5 heteroatoms. The Kier molecular flexibility index (Phi) is 5.31. The Labute approximate surface area is 146 Å². The van der Waals surface area contributed by atoms with Gasteiger partial charge in [0.05, 0.1) is 6.54 Å². The molecule has 0 bridgehead atoms. The minimum absolute atomic E-state index is 0.0689. The largest absolute Gasteiger partial charge is 0.350 e. The highest BCUT2D eigenvalue weighted by molar-refractivity contribution is 7.98. The zero-order valence-electron chi connectivity index (χ0n) is 12.6. The predicted octanol–water partition coefficient (Wildman–Crippen LogP) is 3.21. The summed E-state index contributed by atoms with van der Waals surface area (Å²) in [7, 11) is 0. The van der Waals surface area contributed by atoms with E-state index in [0.717, 1.165) is 17.1 Å². The van der Waals surface area contributed by atoms with Gasteiger partial charge in [-0.3, -0.25) is 9.69 Å². The minimum Gasteiger partial charge on any atom is -0.350 e. The van der Waals surface area contributed by atoms with Crippen molar-refractivity contribution < 1.29 is 4.79 Å². The molecule has 1 saturated heterocycles. The van der Waals surface area contributed by atoms with Crippen molar-refractivity contribution in [2.75, 3.05) is 5.75 Å². The SMILES string of the molecule is O=C1[C@H](CSCc2ccccc2)NC(=S)N1Cc1ccccc1. The number of thiocarbonyl (C=S) groups is 1. The molecule has 1 aliphatic heterocycles. The molecule has 0 radical (unpaired) electrons. The molecule has 1 aliphatic rings. The number of rotatable bonds is 6. The van der Waals surface area contributed by atoms with E-state index < -0.39 is 0 Å². The molecule has 0 aromatic heterocycles. The number of carbonyl (C=O) groups is 1. The van der Waals surface area contributed by atoms with Crippen LogP contribution in [0.25, 0.3) is 0 Å². The van der Waals surface area contributed by atoms with Crippen LogP contribution in [0.5, 0.6) is 0 Å². The van der Waals surface area contributed by atoms with E-state index >= 15 is 0 Å². The van der Waals surface area contributed by atoms with Crippen LogP contribution < -0.4 is 5.32 Å². The van der Waals surface area contributed by atoms with Crippen LogP contribution in [0.2, 0.25) is 0 Å². The number of carbonyl (C=O) groups excluding carboxylic acids is 1. The first-order chi connectivity index (χ1) is 11.2. The van der Waals surface area contributed by atoms with Crippen LogP contribution in [0.3, 0.4) is 0 Å². The Morgan fingerprint density at radius 3 is 2.26 bits per heavy atom. The van der Waals surface area contributed by atoms with Crippen molar-refractivity contribution in [1.29, 1.82) is 0 Å². The van der Waals surface area contributed by atoms with E-state index in [1.807, 2.05) is 48.5 Å². The Balaban J connectivity index is 1.54. The van der Waals surface area contributed by atoms with Crippen molar-refractivity contribution >= 4 is 35.0 Å². The predicted molar refractivity (Wildman–Crippen MR) is 99.1 cm³/mol. The van der Waals surface area contributed by atoms with Gasteiger partial charge in [-0.2, -0.15) is 11.8 Å². The molecule has 0 aliphatic carbocycles. The highest BCUT2D eigenvalue weighted by atomic mass is 32.2. The van der Waals surface area contributed by atoms with Crippen LogP contribution in [-0.4, -0.2) is 27.7 Å². The smallest absolute Gasteiger partial charge is 0.252 e. The third-order valence-electron chi connectivity index (χ3n) is 3.69. The highest BCUT2D eigenvalue weighted by Gasteiger charge is 2.34. The minimum atomic E-state index is -0.222. The lowest BCUT2D eigenvalue weighted by molar-refractivity contribution is -0.127. The number of benzene rings is 2. The average Bonchev–Trinajstić information content (AvgIpc) is 2.85. The van der Waals surface area contributed by atoms with Crippen molar-refractivity contribution in [3.05, 3.63) is 71.8 Å². The first-order valence-electron chi connectivity index (χ1n) is 7.51. The topological polar surface area (TPSA) is 32.3 Å². The summed E-state index contributed by atoms with van der Waals surface area (Å²) in [6.45, 7) is 0.533. The number of hydrogen-bond acceptors (Lipinski definition) is 3. The van der Waals surface area contributed by atoms with Crippen LogP contribution in [0.15, 0.2) is 60.7 Å². The lowest BCUT2D eigenvalue weighted by atomic mass is 10.2. The maximum atomic E-state index is 12.5. The summed E-state index contributed by atoms with van der Waals surface area (Å²) in [5.41, 5.74) is 2.36. The van der Waals surface area contributed by atoms with Gasteiger partial charge in [0.15, 0.2) is 5.11 Å². The molecule has 3 rings (SSSR count). The zero-order valence-corrected chi connectivity index (χ0v) is 14.3. The van der Waals surface area contributed by atoms with Crippen molar-refractivity contribution in [2.45, 2.75) is 18.3 Å². The van der Waals surface area contributed by atoms with E-state index in [1.54, 1.807) is 16.7 Å². The van der Waals surface area contributed by atoms with E-state index in [-0.39, 0.29) is 11.9 Å². The lowest BCUT2D eigenvalue weighted by Gasteiger charge is -2.14. The Morgan fingerprint density at radius 1 is 1.00 bits per heavy atom. The van der Waals surface area contributed by atoms with E-state index in [2.05, 4.69) is 17.4 Å². The second-order valence-corrected chi connectivity index (χ2v) is 6.83. The molecule has 0 unspecified atom stereocenters. The van der Waals surface area contributed by atoms with Crippen molar-refractivity contribution in [1.82, 2.24) is 10.2 Å². The molecular weight excluding hydrogens is 324 g/mol. The van der Waals surface area contributed by atoms with Gasteiger partial charge in [-0.05, 0) is 23.3 Å². The van der Waals surface area contributed by atoms with Gasteiger partial charge in [-0.1, -0.05) is 60.7 Å². The summed E-state index contributed by atoms with van der Waals surface area (Å²) in [5, 5.41) is 3.68. The fraction of sp³-hybridized carbons (Fsp3) is 0.222. The number of amides is 1. The third-order valence-corrected chi connectivity index (χ3v) is 5.13. The summed E-state index contributed by atoms with van der Waals surface area (Å²) in [5.74, 6) is 1.69. The summed E-state index contributed by atoms with van der Waals surface area (Å²) < 4.78 is 0. The van der Waals surface area contributed by atoms with Crippen LogP contribution in [0.1, 0.15) is 11.1 Å². The van der Waals surface area contributed by atoms with Gasteiger partial charge in [0.25, 0.3) is 5.91 Å². The van der Waals surface area contributed by atoms with Gasteiger partial charge in [0.2, 0.25) is 0 Å². The monoisotopic (exact) mass is 342 g/mol. The first-order valence-corrected chi connectivity index (χ1v) is 9.08. The summed E-state index contributed by atoms with van der Waals surface area (Å²) >= 11 is 7.07. The summed E-state index contributed by atoms with van der Waals surface area (Å²) in [4.78, 5) is 14.2. The molecule has 0 saturated carbocycles. The van der Waals surface area contributed by atoms with Crippen molar-refractivity contribution in [3.63, 3.8) is 0 Å². The molecule has 2 aromatic rings. The van der Waals surface area contributed by atoms with Gasteiger partial charge < -0.3 is 5.32 Å². The van der Waals surface area contributed by atoms with Gasteiger partial charge >= 0.3 is 0 Å². The molecule has 1 amide bonds. The molecule has 1 atom stereocenters. The maximum Gasteiger partial charge on any atom is 0.252 e. The van der Waals surface area contributed by atoms with Crippen LogP contribution in [0, 0.1) is 0 Å². The Hall–Kier alpha value is -1.85. The molecule has 23 heavy (non-hydrogen) atoms. The van der Waals surface area contributed by atoms with E-state index in [1.165, 1.54) is 5.56 Å². The quantitative estimate of drug-likeness (QED) is 0.817. The highest BCUT2D eigenvalue weighted by Crippen LogP contribution is 2.18. The normalized spacial score (nSPS) is 17.4. The molecule has 1 fully saturated rings. The molecule has 2 aromatic carbocycles. The second-order valence-electron chi connectivity index (χ2n) is 5.41. The van der Waals surface area contributed by atoms with Gasteiger partial charge in [-0.15, -0.1) is 0 Å². The maximum absolute atomic E-state index is 12.5. The average molecular weight is 342 g/mol. The number of hydrogen-bond donors (Lipinski definition) is 1. The molecule has 3 nitrogen and oxygen atoms in total. The summed E-state index contributed by atoms with van der Waals surface area (Å²) in [6, 6.07) is 20.0. The summed E-state index contributed by atoms with van der Waals surface area (Å²) in [6.07, 6.45) is 0. The number of thioether (sulfide) groups is 1.